The van der Waals surface area contributed by atoms with E-state index in [1.807, 2.05) is 60.0 Å². The van der Waals surface area contributed by atoms with Crippen LogP contribution in [0, 0.1) is 6.92 Å². The molecule has 8 heteroatoms. The van der Waals surface area contributed by atoms with E-state index in [-0.39, 0.29) is 11.5 Å². The topological polar surface area (TPSA) is 91.9 Å². The third-order valence-corrected chi connectivity index (χ3v) is 6.34. The molecule has 182 valence electrons. The minimum absolute atomic E-state index is 0.193. The predicted molar refractivity (Wildman–Crippen MR) is 142 cm³/mol. The molecule has 0 aliphatic rings. The number of hydrogen-bond acceptors (Lipinski definition) is 6. The fourth-order valence-electron chi connectivity index (χ4n) is 4.48. The van der Waals surface area contributed by atoms with Gasteiger partial charge in [0.25, 0.3) is 5.56 Å². The smallest absolute Gasteiger partial charge is 0.338 e. The lowest BCUT2D eigenvalue weighted by molar-refractivity contribution is 0.0526. The van der Waals surface area contributed by atoms with Gasteiger partial charge in [0.1, 0.15) is 17.2 Å². The average Bonchev–Trinajstić information content (AvgIpc) is 3.24. The molecule has 0 amide bonds. The van der Waals surface area contributed by atoms with Crippen molar-refractivity contribution in [3.63, 3.8) is 0 Å². The van der Waals surface area contributed by atoms with Crippen molar-refractivity contribution in [2.75, 3.05) is 6.61 Å². The van der Waals surface area contributed by atoms with E-state index in [1.165, 1.54) is 0 Å². The van der Waals surface area contributed by atoms with Crippen molar-refractivity contribution in [3.8, 4) is 5.69 Å². The van der Waals surface area contributed by atoms with Crippen LogP contribution in [0.4, 0.5) is 0 Å². The lowest BCUT2D eigenvalue weighted by Crippen LogP contribution is -2.21. The fraction of sp³-hybridized carbons (Fsp3) is 0.138. The largest absolute Gasteiger partial charge is 0.462 e. The van der Waals surface area contributed by atoms with E-state index in [1.54, 1.807) is 42.1 Å². The molecule has 0 saturated heterocycles. The first-order chi connectivity index (χ1) is 18.0. The second-order valence-electron chi connectivity index (χ2n) is 8.85. The maximum Gasteiger partial charge on any atom is 0.338 e. The number of fused-ring (bicyclic) bond motifs is 4. The van der Waals surface area contributed by atoms with Crippen molar-refractivity contribution in [2.24, 2.45) is 0 Å². The van der Waals surface area contributed by atoms with Crippen molar-refractivity contribution >= 4 is 39.2 Å². The highest BCUT2D eigenvalue weighted by atomic mass is 16.5. The Labute approximate surface area is 211 Å². The summed E-state index contributed by atoms with van der Waals surface area (Å²) in [4.78, 5) is 40.3. The number of nitrogens with zero attached hydrogens (tertiary/aromatic N) is 5. The second-order valence-corrected chi connectivity index (χ2v) is 8.85. The number of rotatable bonds is 5. The number of aryl methyl sites for hydroxylation is 1. The van der Waals surface area contributed by atoms with Gasteiger partial charge in [0.05, 0.1) is 29.7 Å². The van der Waals surface area contributed by atoms with Crippen LogP contribution in [0.1, 0.15) is 28.4 Å². The average molecular weight is 490 g/mol. The zero-order chi connectivity index (χ0) is 25.5. The molecule has 37 heavy (non-hydrogen) atoms. The molecule has 6 rings (SSSR count). The summed E-state index contributed by atoms with van der Waals surface area (Å²) in [7, 11) is 0. The van der Waals surface area contributed by atoms with Gasteiger partial charge in [0.2, 0.25) is 0 Å². The highest BCUT2D eigenvalue weighted by Gasteiger charge is 2.21. The standard InChI is InChI=1S/C29H23N5O3/c1-3-37-29(36)20-12-14-21(15-13-20)34-26-24(25-27(34)32-23-7-5-4-6-22(23)31-25)28(35)33(17-30-26)16-19-10-8-18(2)9-11-19/h4-15,17H,3,16H2,1-2H3. The summed E-state index contributed by atoms with van der Waals surface area (Å²) < 4.78 is 8.52. The summed E-state index contributed by atoms with van der Waals surface area (Å²) >= 11 is 0. The van der Waals surface area contributed by atoms with Crippen molar-refractivity contribution in [1.82, 2.24) is 24.1 Å². The Balaban J connectivity index is 1.59. The molecule has 3 heterocycles. The van der Waals surface area contributed by atoms with Gasteiger partial charge in [-0.3, -0.25) is 13.9 Å². The second kappa shape index (κ2) is 8.98. The van der Waals surface area contributed by atoms with Crippen molar-refractivity contribution in [1.29, 1.82) is 0 Å². The van der Waals surface area contributed by atoms with Gasteiger partial charge in [-0.2, -0.15) is 0 Å². The Morgan fingerprint density at radius 3 is 2.30 bits per heavy atom. The van der Waals surface area contributed by atoms with Gasteiger partial charge >= 0.3 is 5.97 Å². The fourth-order valence-corrected chi connectivity index (χ4v) is 4.48. The molecule has 0 saturated carbocycles. The molecular weight excluding hydrogens is 466 g/mol. The molecule has 0 aliphatic carbocycles. The van der Waals surface area contributed by atoms with Crippen LogP contribution in [0.5, 0.6) is 0 Å². The number of para-hydroxylation sites is 2. The molecule has 0 spiro atoms. The summed E-state index contributed by atoms with van der Waals surface area (Å²) in [5.74, 6) is -0.390. The number of aromatic nitrogens is 5. The van der Waals surface area contributed by atoms with Crippen molar-refractivity contribution in [3.05, 3.63) is 106 Å². The van der Waals surface area contributed by atoms with Gasteiger partial charge in [0, 0.05) is 5.69 Å². The van der Waals surface area contributed by atoms with Gasteiger partial charge in [-0.1, -0.05) is 42.0 Å². The Bertz CT molecular complexity index is 1850. The number of benzene rings is 3. The van der Waals surface area contributed by atoms with Gasteiger partial charge in [-0.15, -0.1) is 0 Å². The van der Waals surface area contributed by atoms with Gasteiger partial charge in [-0.05, 0) is 55.8 Å². The van der Waals surface area contributed by atoms with Crippen LogP contribution in [-0.4, -0.2) is 36.7 Å². The molecule has 3 aromatic carbocycles. The number of hydrogen-bond donors (Lipinski definition) is 0. The van der Waals surface area contributed by atoms with Crippen molar-refractivity contribution < 1.29 is 9.53 Å². The Hall–Kier alpha value is -4.85. The summed E-state index contributed by atoms with van der Waals surface area (Å²) in [6.07, 6.45) is 1.56. The van der Waals surface area contributed by atoms with Crippen LogP contribution in [0.2, 0.25) is 0 Å². The molecule has 6 aromatic rings. The Kier molecular flexibility index (Phi) is 5.49. The highest BCUT2D eigenvalue weighted by Crippen LogP contribution is 2.28. The Morgan fingerprint density at radius 1 is 0.892 bits per heavy atom. The van der Waals surface area contributed by atoms with E-state index >= 15 is 0 Å². The molecule has 0 fully saturated rings. The van der Waals surface area contributed by atoms with E-state index in [9.17, 15) is 9.59 Å². The van der Waals surface area contributed by atoms with Gasteiger partial charge in [-0.25, -0.2) is 19.7 Å². The maximum atomic E-state index is 13.8. The summed E-state index contributed by atoms with van der Waals surface area (Å²) in [5.41, 5.74) is 5.99. The SMILES string of the molecule is CCOC(=O)c1ccc(-n2c3nc4ccccc4nc3c3c(=O)n(Cc4ccc(C)cc4)cnc32)cc1. The van der Waals surface area contributed by atoms with E-state index in [0.717, 1.165) is 11.1 Å². The normalized spacial score (nSPS) is 11.4. The van der Waals surface area contributed by atoms with Crippen LogP contribution in [-0.2, 0) is 11.3 Å². The first-order valence-corrected chi connectivity index (χ1v) is 12.0. The van der Waals surface area contributed by atoms with Gasteiger partial charge in [0.15, 0.2) is 11.3 Å². The van der Waals surface area contributed by atoms with Crippen LogP contribution in [0.15, 0.2) is 83.9 Å². The number of carbonyl (C=O) groups excluding carboxylic acids is 1. The maximum absolute atomic E-state index is 13.8. The lowest BCUT2D eigenvalue weighted by Gasteiger charge is -2.09. The molecule has 3 aromatic heterocycles. The molecule has 8 nitrogen and oxygen atoms in total. The van der Waals surface area contributed by atoms with E-state index in [4.69, 9.17) is 19.7 Å². The first-order valence-electron chi connectivity index (χ1n) is 12.0. The molecular formula is C29H23N5O3. The molecule has 0 radical (unpaired) electrons. The molecule has 0 unspecified atom stereocenters. The third-order valence-electron chi connectivity index (χ3n) is 6.34. The van der Waals surface area contributed by atoms with Crippen LogP contribution < -0.4 is 5.56 Å². The van der Waals surface area contributed by atoms with E-state index < -0.39 is 0 Å². The zero-order valence-corrected chi connectivity index (χ0v) is 20.4. The number of esters is 1. The Morgan fingerprint density at radius 2 is 1.59 bits per heavy atom. The van der Waals surface area contributed by atoms with E-state index in [0.29, 0.717) is 57.6 Å². The first kappa shape index (κ1) is 22.6. The quantitative estimate of drug-likeness (QED) is 0.323. The monoisotopic (exact) mass is 489 g/mol. The van der Waals surface area contributed by atoms with Gasteiger partial charge < -0.3 is 4.74 Å². The zero-order valence-electron chi connectivity index (χ0n) is 20.4. The lowest BCUT2D eigenvalue weighted by atomic mass is 10.1. The number of ether oxygens (including phenoxy) is 1. The molecule has 0 aliphatic heterocycles. The predicted octanol–water partition coefficient (Wildman–Crippen LogP) is 4.82. The minimum atomic E-state index is -0.390. The van der Waals surface area contributed by atoms with Crippen LogP contribution >= 0.6 is 0 Å². The highest BCUT2D eigenvalue weighted by molar-refractivity contribution is 6.05. The molecule has 0 N–H and O–H groups in total. The summed E-state index contributed by atoms with van der Waals surface area (Å²) in [6, 6.07) is 22.6. The van der Waals surface area contributed by atoms with E-state index in [2.05, 4.69) is 0 Å². The molecule has 0 atom stereocenters. The third kappa shape index (κ3) is 3.92. The molecule has 0 bridgehead atoms. The number of carbonyl (C=O) groups is 1. The van der Waals surface area contributed by atoms with Crippen LogP contribution in [0.3, 0.4) is 0 Å². The summed E-state index contributed by atoms with van der Waals surface area (Å²) in [6.45, 7) is 4.49. The van der Waals surface area contributed by atoms with Crippen molar-refractivity contribution in [2.45, 2.75) is 20.4 Å². The van der Waals surface area contributed by atoms with Crippen LogP contribution in [0.25, 0.3) is 38.9 Å². The minimum Gasteiger partial charge on any atom is -0.462 e. The summed E-state index contributed by atoms with van der Waals surface area (Å²) in [5, 5.41) is 0.400.